The number of benzene rings is 1. The van der Waals surface area contributed by atoms with E-state index in [4.69, 9.17) is 4.98 Å². The van der Waals surface area contributed by atoms with Crippen LogP contribution in [0.15, 0.2) is 53.5 Å². The van der Waals surface area contributed by atoms with Gasteiger partial charge in [0.25, 0.3) is 5.56 Å². The highest BCUT2D eigenvalue weighted by Crippen LogP contribution is 2.20. The van der Waals surface area contributed by atoms with Gasteiger partial charge >= 0.3 is 6.09 Å². The Morgan fingerprint density at radius 2 is 1.95 bits per heavy atom. The Balaban J connectivity index is 1.75. The normalized spacial score (nSPS) is 12.1. The fourth-order valence-corrected chi connectivity index (χ4v) is 4.03. The van der Waals surface area contributed by atoms with Crippen molar-refractivity contribution in [2.75, 3.05) is 26.5 Å². The van der Waals surface area contributed by atoms with Gasteiger partial charge in [-0.2, -0.15) is 0 Å². The third-order valence-electron chi connectivity index (χ3n) is 5.99. The van der Waals surface area contributed by atoms with E-state index < -0.39 is 23.6 Å². The van der Waals surface area contributed by atoms with Crippen LogP contribution in [0.4, 0.5) is 10.5 Å². The number of carbonyl (C=O) groups excluding carboxylic acids is 3. The summed E-state index contributed by atoms with van der Waals surface area (Å²) in [7, 11) is 4.46. The molecule has 3 aromatic rings. The fourth-order valence-electron chi connectivity index (χ4n) is 4.03. The molecule has 0 unspecified atom stereocenters. The number of ether oxygens (including phenoxy) is 1. The maximum atomic E-state index is 13.2. The molecule has 3 N–H and O–H groups in total. The molecule has 0 aliphatic carbocycles. The Morgan fingerprint density at radius 3 is 2.64 bits per heavy atom. The van der Waals surface area contributed by atoms with E-state index in [1.807, 2.05) is 12.1 Å². The third-order valence-corrected chi connectivity index (χ3v) is 5.99. The van der Waals surface area contributed by atoms with Crippen molar-refractivity contribution in [3.8, 4) is 0 Å². The zero-order valence-corrected chi connectivity index (χ0v) is 23.0. The van der Waals surface area contributed by atoms with Crippen molar-refractivity contribution in [3.63, 3.8) is 0 Å². The van der Waals surface area contributed by atoms with Gasteiger partial charge in [0, 0.05) is 20.3 Å². The lowest BCUT2D eigenvalue weighted by Gasteiger charge is -2.17. The minimum atomic E-state index is -0.987. The molecule has 0 saturated heterocycles. The summed E-state index contributed by atoms with van der Waals surface area (Å²) in [6.45, 7) is 4.49. The zero-order chi connectivity index (χ0) is 28.5. The first-order valence-electron chi connectivity index (χ1n) is 12.8. The molecule has 0 saturated carbocycles. The maximum absolute atomic E-state index is 13.2. The van der Waals surface area contributed by atoms with Crippen molar-refractivity contribution < 1.29 is 19.1 Å². The summed E-state index contributed by atoms with van der Waals surface area (Å²) in [6, 6.07) is 8.17. The Hall–Kier alpha value is -4.41. The van der Waals surface area contributed by atoms with Gasteiger partial charge in [0.2, 0.25) is 11.8 Å². The number of aromatic amines is 1. The van der Waals surface area contributed by atoms with Crippen molar-refractivity contribution in [1.82, 2.24) is 24.8 Å². The molecule has 0 bridgehead atoms. The number of anilines is 1. The Kier molecular flexibility index (Phi) is 10.0. The molecule has 2 heterocycles. The Morgan fingerprint density at radius 1 is 1.18 bits per heavy atom. The SMILES string of the molecule is COC(=O)N[C@H](CC/C=C/C(=O)N(C)C)C(=O)Nc1cccn(Cc2nc3c(CC(C)C)cccc3[nH]2)c1=O. The van der Waals surface area contributed by atoms with Crippen LogP contribution < -0.4 is 16.2 Å². The number of carbonyl (C=O) groups is 3. The van der Waals surface area contributed by atoms with E-state index in [1.54, 1.807) is 32.4 Å². The second-order valence-electron chi connectivity index (χ2n) is 9.84. The molecule has 3 amide bonds. The van der Waals surface area contributed by atoms with Gasteiger partial charge in [0.15, 0.2) is 0 Å². The van der Waals surface area contributed by atoms with Crippen LogP contribution in [0, 0.1) is 5.92 Å². The second-order valence-corrected chi connectivity index (χ2v) is 9.84. The van der Waals surface area contributed by atoms with Gasteiger partial charge < -0.3 is 29.8 Å². The number of imidazole rings is 1. The van der Waals surface area contributed by atoms with E-state index >= 15 is 0 Å². The number of methoxy groups -OCH3 is 1. The molecule has 1 aromatic carbocycles. The first-order chi connectivity index (χ1) is 18.6. The highest BCUT2D eigenvalue weighted by atomic mass is 16.5. The minimum Gasteiger partial charge on any atom is -0.453 e. The number of amides is 3. The Bertz CT molecular complexity index is 1400. The van der Waals surface area contributed by atoms with Crippen molar-refractivity contribution in [2.24, 2.45) is 5.92 Å². The molecule has 0 fully saturated rings. The lowest BCUT2D eigenvalue weighted by atomic mass is 10.0. The number of aromatic nitrogens is 3. The van der Waals surface area contributed by atoms with Crippen LogP contribution in [-0.2, 0) is 27.3 Å². The molecular formula is C28H36N6O5. The highest BCUT2D eigenvalue weighted by Gasteiger charge is 2.22. The first kappa shape index (κ1) is 29.2. The van der Waals surface area contributed by atoms with E-state index in [9.17, 15) is 19.2 Å². The predicted octanol–water partition coefficient (Wildman–Crippen LogP) is 3.06. The lowest BCUT2D eigenvalue weighted by Crippen LogP contribution is -2.44. The van der Waals surface area contributed by atoms with Crippen LogP contribution in [0.1, 0.15) is 38.1 Å². The number of rotatable bonds is 11. The minimum absolute atomic E-state index is 0.0640. The summed E-state index contributed by atoms with van der Waals surface area (Å²) in [4.78, 5) is 59.2. The number of allylic oxidation sites excluding steroid dienone is 1. The summed E-state index contributed by atoms with van der Waals surface area (Å²) in [5.41, 5.74) is 2.58. The average Bonchev–Trinajstić information content (AvgIpc) is 3.31. The fraction of sp³-hybridized carbons (Fsp3) is 0.393. The average molecular weight is 537 g/mol. The van der Waals surface area contributed by atoms with Crippen LogP contribution in [0.5, 0.6) is 0 Å². The van der Waals surface area contributed by atoms with E-state index in [1.165, 1.54) is 28.7 Å². The lowest BCUT2D eigenvalue weighted by molar-refractivity contribution is -0.123. The van der Waals surface area contributed by atoms with Gasteiger partial charge in [0.1, 0.15) is 17.6 Å². The van der Waals surface area contributed by atoms with Crippen molar-refractivity contribution in [3.05, 3.63) is 70.4 Å². The predicted molar refractivity (Wildman–Crippen MR) is 149 cm³/mol. The quantitative estimate of drug-likeness (QED) is 0.322. The number of likely N-dealkylation sites (N-methyl/N-ethyl adjacent to an activating group) is 1. The molecule has 208 valence electrons. The van der Waals surface area contributed by atoms with E-state index in [0.717, 1.165) is 23.0 Å². The number of hydrogen-bond donors (Lipinski definition) is 3. The van der Waals surface area contributed by atoms with Crippen molar-refractivity contribution in [1.29, 1.82) is 0 Å². The number of para-hydroxylation sites is 1. The number of H-pyrrole nitrogens is 1. The summed E-state index contributed by atoms with van der Waals surface area (Å²) < 4.78 is 6.09. The molecule has 2 aromatic heterocycles. The molecule has 0 aliphatic rings. The third kappa shape index (κ3) is 8.03. The van der Waals surface area contributed by atoms with E-state index in [2.05, 4.69) is 40.3 Å². The molecular weight excluding hydrogens is 500 g/mol. The molecule has 0 radical (unpaired) electrons. The largest absolute Gasteiger partial charge is 0.453 e. The van der Waals surface area contributed by atoms with E-state index in [0.29, 0.717) is 18.2 Å². The molecule has 0 aliphatic heterocycles. The Labute approximate surface area is 227 Å². The molecule has 11 heteroatoms. The summed E-state index contributed by atoms with van der Waals surface area (Å²) >= 11 is 0. The van der Waals surface area contributed by atoms with Gasteiger partial charge in [0.05, 0.1) is 24.7 Å². The van der Waals surface area contributed by atoms with Crippen LogP contribution in [0.25, 0.3) is 11.0 Å². The smallest absolute Gasteiger partial charge is 0.407 e. The van der Waals surface area contributed by atoms with Crippen LogP contribution in [0.3, 0.4) is 0 Å². The second kappa shape index (κ2) is 13.4. The van der Waals surface area contributed by atoms with Crippen LogP contribution in [0.2, 0.25) is 0 Å². The molecule has 3 rings (SSSR count). The van der Waals surface area contributed by atoms with Crippen LogP contribution in [-0.4, -0.2) is 64.6 Å². The zero-order valence-electron chi connectivity index (χ0n) is 23.0. The van der Waals surface area contributed by atoms with Gasteiger partial charge in [-0.1, -0.05) is 32.1 Å². The highest BCUT2D eigenvalue weighted by molar-refractivity contribution is 5.96. The molecule has 11 nitrogen and oxygen atoms in total. The van der Waals surface area contributed by atoms with Gasteiger partial charge in [-0.15, -0.1) is 0 Å². The monoisotopic (exact) mass is 536 g/mol. The van der Waals surface area contributed by atoms with Gasteiger partial charge in [-0.05, 0) is 55.0 Å². The van der Waals surface area contributed by atoms with Crippen LogP contribution >= 0.6 is 0 Å². The number of nitrogens with one attached hydrogen (secondary N) is 3. The topological polar surface area (TPSA) is 138 Å². The first-order valence-corrected chi connectivity index (χ1v) is 12.8. The maximum Gasteiger partial charge on any atom is 0.407 e. The number of fused-ring (bicyclic) bond motifs is 1. The number of alkyl carbamates (subject to hydrolysis) is 1. The van der Waals surface area contributed by atoms with E-state index in [-0.39, 0.29) is 24.6 Å². The summed E-state index contributed by atoms with van der Waals surface area (Å²) in [5, 5.41) is 5.10. The van der Waals surface area contributed by atoms with Gasteiger partial charge in [-0.3, -0.25) is 14.4 Å². The summed E-state index contributed by atoms with van der Waals surface area (Å²) in [6.07, 6.45) is 5.28. The number of hydrogen-bond acceptors (Lipinski definition) is 6. The molecule has 39 heavy (non-hydrogen) atoms. The molecule has 1 atom stereocenters. The summed E-state index contributed by atoms with van der Waals surface area (Å²) in [5.74, 6) is 0.329. The molecule has 0 spiro atoms. The van der Waals surface area contributed by atoms with Crippen molar-refractivity contribution >= 4 is 34.6 Å². The number of pyridine rings is 1. The van der Waals surface area contributed by atoms with Crippen molar-refractivity contribution in [2.45, 2.75) is 45.7 Å². The standard InChI is InChI=1S/C28H36N6O5/c1-18(2)16-19-10-8-12-20-25(19)32-23(29-20)17-34-15-9-13-22(27(34)37)30-26(36)21(31-28(38)39-5)11-6-7-14-24(35)33(3)4/h7-10,12-15,18,21H,6,11,16-17H2,1-5H3,(H,29,32)(H,30,36)(H,31,38)/b14-7+/t21-/m1/s1. The number of nitrogens with zero attached hydrogens (tertiary/aromatic N) is 3. The van der Waals surface area contributed by atoms with Gasteiger partial charge in [-0.25, -0.2) is 9.78 Å².